The summed E-state index contributed by atoms with van der Waals surface area (Å²) in [6, 6.07) is 68.8. The summed E-state index contributed by atoms with van der Waals surface area (Å²) in [6.07, 6.45) is 0. The minimum Gasteiger partial charge on any atom is -0.354 e. The molecule has 0 N–H and O–H groups in total. The molecule has 17 rings (SSSR count). The van der Waals surface area contributed by atoms with Crippen LogP contribution >= 0.6 is 0 Å². The smallest absolute Gasteiger partial charge is 0.354 e. The predicted octanol–water partition coefficient (Wildman–Crippen LogP) is 25.0. The molecule has 9 heterocycles. The zero-order valence-electron chi connectivity index (χ0n) is 74.3. The summed E-state index contributed by atoms with van der Waals surface area (Å²) in [5, 5.41) is 0. The fourth-order valence-electron chi connectivity index (χ4n) is 15.5. The van der Waals surface area contributed by atoms with Gasteiger partial charge in [0.05, 0.1) is 45.6 Å². The van der Waals surface area contributed by atoms with Crippen molar-refractivity contribution < 1.29 is 19.5 Å². The first kappa shape index (κ1) is 82.7. The Morgan fingerprint density at radius 2 is 0.273 bits per heavy atom. The number of benzene rings is 8. The Hall–Kier alpha value is -11.9. The molecule has 0 radical (unpaired) electrons. The van der Waals surface area contributed by atoms with Gasteiger partial charge in [0.25, 0.3) is 0 Å². The molecule has 0 atom stereocenters. The van der Waals surface area contributed by atoms with Crippen LogP contribution in [-0.2, 0) is 62.8 Å². The van der Waals surface area contributed by atoms with Crippen LogP contribution in [0.15, 0.2) is 194 Å². The molecule has 0 amide bonds. The van der Waals surface area contributed by atoms with Gasteiger partial charge >= 0.3 is 19.5 Å². The van der Waals surface area contributed by atoms with Gasteiger partial charge in [-0.1, -0.05) is 360 Å². The van der Waals surface area contributed by atoms with Crippen LogP contribution in [0, 0.1) is 0 Å². The minimum atomic E-state index is -0.131. The molecule has 0 saturated carbocycles. The first-order valence-corrected chi connectivity index (χ1v) is 41.7. The maximum atomic E-state index is 5.75. The van der Waals surface area contributed by atoms with Crippen LogP contribution in [0.4, 0.5) is 0 Å². The standard InChI is InChI=1S/C104H104N16.Zn/c1-97(2,3)65-41-25-57(26-42-65)73-74(58-27-43-66(44-28-58)98(4,5)6)106-82-81(105-73)89-113-90(82)118-92-85-86(110-78(62-35-51-70(52-36-62)102(16,17)18)77(109-85)61-33-49-69(50-34-61)101(13,14)15)94(115-92)120-96-88-87(111-79(63-37-53-71(54-38-63)103(19,20)21)80(112-88)64-39-55-72(56-40-64)104(22,23)24)95(116-96)119-93-84-83(91(114-93)117-89)107-75(59-29-45-67(46-30-59)99(7,8)9)76(108-84)60-31-47-68(48-32-60)100(10,11)12;/h25-56H,1-24H3;/q-2;+2. The van der Waals surface area contributed by atoms with Gasteiger partial charge < -0.3 is 29.9 Å². The number of fused-ring (bicyclic) bond motifs is 20. The molecular formula is C104H104N16Zn. The van der Waals surface area contributed by atoms with Crippen molar-refractivity contribution in [2.75, 3.05) is 0 Å². The number of hydrogen-bond acceptors (Lipinski definition) is 14. The Bertz CT molecular complexity index is 5940. The summed E-state index contributed by atoms with van der Waals surface area (Å²) in [5.74, 6) is 0.663. The molecule has 0 spiro atoms. The van der Waals surface area contributed by atoms with Gasteiger partial charge in [0.1, 0.15) is 68.1 Å². The molecule has 16 nitrogen and oxygen atoms in total. The summed E-state index contributed by atoms with van der Waals surface area (Å²) in [6.45, 7) is 53.2. The van der Waals surface area contributed by atoms with Gasteiger partial charge in [0, 0.05) is 67.1 Å². The van der Waals surface area contributed by atoms with Crippen LogP contribution in [-0.4, -0.2) is 69.8 Å². The van der Waals surface area contributed by atoms with Crippen molar-refractivity contribution in [3.63, 3.8) is 0 Å². The molecule has 7 aromatic heterocycles. The van der Waals surface area contributed by atoms with Gasteiger partial charge in [-0.25, -0.2) is 49.8 Å². The number of aromatic nitrogens is 16. The zero-order valence-corrected chi connectivity index (χ0v) is 77.3. The number of nitrogens with zero attached hydrogens (tertiary/aromatic N) is 16. The van der Waals surface area contributed by atoms with Gasteiger partial charge in [-0.2, -0.15) is 0 Å². The second kappa shape index (κ2) is 29.7. The number of rotatable bonds is 8. The molecule has 0 saturated heterocycles. The Kier molecular flexibility index (Phi) is 20.3. The summed E-state index contributed by atoms with van der Waals surface area (Å²) in [7, 11) is 0. The summed E-state index contributed by atoms with van der Waals surface area (Å²) in [4.78, 5) is 90.6. The van der Waals surface area contributed by atoms with E-state index in [0.29, 0.717) is 90.4 Å². The third kappa shape index (κ3) is 16.0. The molecule has 15 aromatic rings. The van der Waals surface area contributed by atoms with E-state index in [9.17, 15) is 0 Å². The molecule has 2 aliphatic heterocycles. The third-order valence-electron chi connectivity index (χ3n) is 23.2. The minimum absolute atomic E-state index is 0. The molecule has 8 aromatic carbocycles. The Morgan fingerprint density at radius 1 is 0.149 bits per heavy atom. The maximum absolute atomic E-state index is 5.75. The predicted molar refractivity (Wildman–Crippen MR) is 489 cm³/mol. The van der Waals surface area contributed by atoms with Crippen molar-refractivity contribution in [1.82, 2.24) is 79.7 Å². The van der Waals surface area contributed by atoms with E-state index in [1.54, 1.807) is 0 Å². The molecule has 121 heavy (non-hydrogen) atoms. The van der Waals surface area contributed by atoms with Gasteiger partial charge in [-0.05, 0) is 87.8 Å². The van der Waals surface area contributed by atoms with Gasteiger partial charge in [-0.15, -0.1) is 0 Å². The monoisotopic (exact) mass is 1640 g/mol. The second-order valence-corrected chi connectivity index (χ2v) is 40.6. The average molecular weight is 1640 g/mol. The molecule has 602 valence electrons. The van der Waals surface area contributed by atoms with E-state index in [1.165, 1.54) is 44.5 Å². The topological polar surface area (TPSA) is 209 Å². The van der Waals surface area contributed by atoms with Crippen LogP contribution in [0.25, 0.3) is 181 Å². The van der Waals surface area contributed by atoms with Gasteiger partial charge in [0.2, 0.25) is 0 Å². The SMILES string of the molecule is CC(C)(C)c1ccc(-c2nc3c(nc2-c2ccc(C(C)(C)C)cc2)-c2nc-3nc3[n-]c(nc4nc(nc5[n-]c(n2)c2nc(-c6ccc(C(C)(C)C)cc6)c(-c6ccc(C(C)(C)C)cc6)nc52)-c2nc(-c5ccc(C(C)(C)C)cc5)c(-c5ccc(C(C)(C)C)cc5)nc2-4)c2nc(-c4ccc(C(C)(C)C)cc4)c(-c4ccc(C(C)(C)C)cc4)nc32)cc1.[Zn+2]. The van der Waals surface area contributed by atoms with Gasteiger partial charge in [-0.3, -0.25) is 0 Å². The first-order valence-electron chi connectivity index (χ1n) is 41.7. The normalized spacial score (nSPS) is 12.9. The summed E-state index contributed by atoms with van der Waals surface area (Å²) >= 11 is 0. The van der Waals surface area contributed by atoms with Crippen LogP contribution in [0.3, 0.4) is 0 Å². The largest absolute Gasteiger partial charge is 2.00 e. The summed E-state index contributed by atoms with van der Waals surface area (Å²) < 4.78 is 0. The number of hydrogen-bond donors (Lipinski definition) is 0. The molecule has 0 aliphatic carbocycles. The molecular weight excluding hydrogens is 1540 g/mol. The van der Waals surface area contributed by atoms with Crippen molar-refractivity contribution >= 4 is 44.7 Å². The van der Waals surface area contributed by atoms with Crippen LogP contribution in [0.5, 0.6) is 0 Å². The van der Waals surface area contributed by atoms with Crippen molar-refractivity contribution in [1.29, 1.82) is 0 Å². The van der Waals surface area contributed by atoms with Gasteiger partial charge in [0.15, 0.2) is 0 Å². The molecule has 0 unspecified atom stereocenters. The Balaban J connectivity index is 0.0000109. The van der Waals surface area contributed by atoms with E-state index in [0.717, 1.165) is 44.5 Å². The van der Waals surface area contributed by atoms with Crippen LogP contribution in [0.2, 0.25) is 0 Å². The molecule has 17 heteroatoms. The average Bonchev–Trinajstić information content (AvgIpc) is 1.59. The van der Waals surface area contributed by atoms with Crippen LogP contribution in [0.1, 0.15) is 211 Å². The fraction of sp³-hybridized carbons (Fsp3) is 0.308. The molecule has 2 aliphatic rings. The van der Waals surface area contributed by atoms with Crippen molar-refractivity contribution in [2.24, 2.45) is 0 Å². The first-order chi connectivity index (χ1) is 56.4. The van der Waals surface area contributed by atoms with Crippen molar-refractivity contribution in [3.05, 3.63) is 239 Å². The van der Waals surface area contributed by atoms with E-state index in [2.05, 4.69) is 360 Å². The van der Waals surface area contributed by atoms with E-state index in [4.69, 9.17) is 79.7 Å². The molecule has 0 fully saturated rings. The zero-order chi connectivity index (χ0) is 85.0. The Labute approximate surface area is 723 Å². The molecule has 8 bridgehead atoms. The second-order valence-electron chi connectivity index (χ2n) is 40.6. The van der Waals surface area contributed by atoms with E-state index in [1.807, 2.05) is 0 Å². The van der Waals surface area contributed by atoms with Crippen molar-refractivity contribution in [3.8, 4) is 136 Å². The Morgan fingerprint density at radius 3 is 0.397 bits per heavy atom. The third-order valence-corrected chi connectivity index (χ3v) is 23.2. The van der Waals surface area contributed by atoms with E-state index < -0.39 is 0 Å². The van der Waals surface area contributed by atoms with Crippen LogP contribution < -0.4 is 9.97 Å². The van der Waals surface area contributed by atoms with E-state index in [-0.39, 0.29) is 109 Å². The summed E-state index contributed by atoms with van der Waals surface area (Å²) in [5.41, 5.74) is 23.4. The van der Waals surface area contributed by atoms with E-state index >= 15 is 0 Å². The maximum Gasteiger partial charge on any atom is 2.00 e. The fourth-order valence-corrected chi connectivity index (χ4v) is 15.5. The quantitative estimate of drug-likeness (QED) is 0.130. The van der Waals surface area contributed by atoms with Crippen molar-refractivity contribution in [2.45, 2.75) is 209 Å².